The molecule has 5 heteroatoms. The van der Waals surface area contributed by atoms with Crippen LogP contribution in [0.3, 0.4) is 0 Å². The number of halogens is 1. The maximum absolute atomic E-state index is 11.1. The summed E-state index contributed by atoms with van der Waals surface area (Å²) in [4.78, 5) is 21.9. The molecule has 15 heavy (non-hydrogen) atoms. The molecule has 82 valence electrons. The Kier molecular flexibility index (Phi) is 3.19. The van der Waals surface area contributed by atoms with Gasteiger partial charge in [0.1, 0.15) is 5.41 Å². The van der Waals surface area contributed by atoms with E-state index in [1.54, 1.807) is 6.92 Å². The Morgan fingerprint density at radius 2 is 2.13 bits per heavy atom. The molecule has 0 bridgehead atoms. The van der Waals surface area contributed by atoms with Crippen LogP contribution in [0, 0.1) is 5.41 Å². The lowest BCUT2D eigenvalue weighted by Gasteiger charge is -2.27. The predicted molar refractivity (Wildman–Crippen MR) is 54.9 cm³/mol. The van der Waals surface area contributed by atoms with E-state index in [-0.39, 0.29) is 17.9 Å². The number of allylic oxidation sites excluding steroid dienone is 2. The van der Waals surface area contributed by atoms with Gasteiger partial charge in [0.2, 0.25) is 0 Å². The van der Waals surface area contributed by atoms with E-state index in [0.717, 1.165) is 0 Å². The lowest BCUT2D eigenvalue weighted by Crippen LogP contribution is -2.34. The zero-order valence-corrected chi connectivity index (χ0v) is 8.91. The van der Waals surface area contributed by atoms with Gasteiger partial charge >= 0.3 is 11.9 Å². The molecule has 2 N–H and O–H groups in total. The third kappa shape index (κ3) is 2.21. The number of carbonyl (C=O) groups is 2. The molecule has 1 aliphatic carbocycles. The first kappa shape index (κ1) is 11.8. The lowest BCUT2D eigenvalue weighted by atomic mass is 9.78. The van der Waals surface area contributed by atoms with Crippen LogP contribution in [0.4, 0.5) is 0 Å². The fraction of sp³-hybridized carbons (Fsp3) is 0.400. The largest absolute Gasteiger partial charge is 0.481 e. The Morgan fingerprint density at radius 1 is 1.53 bits per heavy atom. The van der Waals surface area contributed by atoms with E-state index in [2.05, 4.69) is 0 Å². The molecule has 0 aromatic rings. The summed E-state index contributed by atoms with van der Waals surface area (Å²) < 4.78 is 0. The summed E-state index contributed by atoms with van der Waals surface area (Å²) in [5, 5.41) is 17.9. The maximum Gasteiger partial charge on any atom is 0.331 e. The highest BCUT2D eigenvalue weighted by Crippen LogP contribution is 2.35. The summed E-state index contributed by atoms with van der Waals surface area (Å²) in [6.45, 7) is 1.66. The summed E-state index contributed by atoms with van der Waals surface area (Å²) in [5.41, 5.74) is -0.589. The Morgan fingerprint density at radius 3 is 2.53 bits per heavy atom. The highest BCUT2D eigenvalue weighted by atomic mass is 35.5. The van der Waals surface area contributed by atoms with Crippen molar-refractivity contribution in [1.29, 1.82) is 0 Å². The summed E-state index contributed by atoms with van der Waals surface area (Å²) in [7, 11) is 0. The smallest absolute Gasteiger partial charge is 0.331 e. The summed E-state index contributed by atoms with van der Waals surface area (Å²) in [5.74, 6) is -2.33. The molecule has 4 nitrogen and oxygen atoms in total. The molecule has 1 unspecified atom stereocenters. The van der Waals surface area contributed by atoms with Crippen molar-refractivity contribution in [3.05, 3.63) is 23.3 Å². The van der Waals surface area contributed by atoms with Crippen LogP contribution >= 0.6 is 11.6 Å². The van der Waals surface area contributed by atoms with Crippen molar-refractivity contribution >= 4 is 23.5 Å². The van der Waals surface area contributed by atoms with E-state index in [0.29, 0.717) is 5.57 Å². The molecule has 0 saturated carbocycles. The molecule has 0 spiro atoms. The van der Waals surface area contributed by atoms with Crippen molar-refractivity contribution in [1.82, 2.24) is 0 Å². The Labute approximate surface area is 91.9 Å². The third-order valence-electron chi connectivity index (χ3n) is 2.35. The molecular weight excluding hydrogens is 220 g/mol. The van der Waals surface area contributed by atoms with Gasteiger partial charge in [0.15, 0.2) is 0 Å². The zero-order chi connectivity index (χ0) is 11.6. The minimum absolute atomic E-state index is 0.0709. The molecule has 0 fully saturated rings. The molecule has 0 aromatic heterocycles. The highest BCUT2D eigenvalue weighted by Gasteiger charge is 2.39. The Hall–Kier alpha value is -1.29. The number of aliphatic carboxylic acids is 2. The second-order valence-electron chi connectivity index (χ2n) is 3.63. The standard InChI is InChI=1S/C10H11ClO4/c1-6-2-7(8(12)13)4-10(3-6,5-11)9(14)15/h2-3H,4-5H2,1H3,(H,12,13)(H,14,15). The Bertz CT molecular complexity index is 370. The van der Waals surface area contributed by atoms with E-state index in [4.69, 9.17) is 21.8 Å². The predicted octanol–water partition coefficient (Wildman–Crippen LogP) is 1.66. The Balaban J connectivity index is 3.14. The molecule has 0 heterocycles. The van der Waals surface area contributed by atoms with Gasteiger partial charge in [-0.05, 0) is 13.0 Å². The number of carboxylic acids is 2. The van der Waals surface area contributed by atoms with Crippen LogP contribution in [0.2, 0.25) is 0 Å². The van der Waals surface area contributed by atoms with Crippen molar-refractivity contribution < 1.29 is 19.8 Å². The van der Waals surface area contributed by atoms with Crippen LogP contribution in [0.15, 0.2) is 23.3 Å². The van der Waals surface area contributed by atoms with Crippen molar-refractivity contribution in [3.63, 3.8) is 0 Å². The van der Waals surface area contributed by atoms with E-state index < -0.39 is 17.4 Å². The first-order valence-corrected chi connectivity index (χ1v) is 4.87. The molecule has 0 aromatic carbocycles. The van der Waals surface area contributed by atoms with E-state index in [9.17, 15) is 9.59 Å². The van der Waals surface area contributed by atoms with Crippen molar-refractivity contribution in [2.24, 2.45) is 5.41 Å². The number of alkyl halides is 1. The molecule has 0 radical (unpaired) electrons. The molecule has 0 saturated heterocycles. The normalized spacial score (nSPS) is 25.5. The van der Waals surface area contributed by atoms with Crippen molar-refractivity contribution in [2.45, 2.75) is 13.3 Å². The average Bonchev–Trinajstić information content (AvgIpc) is 2.16. The van der Waals surface area contributed by atoms with Crippen LogP contribution in [0.1, 0.15) is 13.3 Å². The monoisotopic (exact) mass is 230 g/mol. The first-order chi connectivity index (χ1) is 6.91. The van der Waals surface area contributed by atoms with Crippen molar-refractivity contribution in [2.75, 3.05) is 5.88 Å². The first-order valence-electron chi connectivity index (χ1n) is 4.34. The van der Waals surface area contributed by atoms with Gasteiger partial charge in [-0.2, -0.15) is 0 Å². The lowest BCUT2D eigenvalue weighted by molar-refractivity contribution is -0.145. The molecule has 0 amide bonds. The second kappa shape index (κ2) is 4.06. The molecular formula is C10H11ClO4. The SMILES string of the molecule is CC1=CC(CCl)(C(=O)O)CC(C(=O)O)=C1. The highest BCUT2D eigenvalue weighted by molar-refractivity contribution is 6.20. The molecule has 1 atom stereocenters. The minimum Gasteiger partial charge on any atom is -0.481 e. The third-order valence-corrected chi connectivity index (χ3v) is 2.83. The molecule has 1 rings (SSSR count). The van der Waals surface area contributed by atoms with Gasteiger partial charge in [-0.3, -0.25) is 4.79 Å². The van der Waals surface area contributed by atoms with Gasteiger partial charge in [0.05, 0.1) is 0 Å². The van der Waals surface area contributed by atoms with Crippen LogP contribution < -0.4 is 0 Å². The summed E-state index contributed by atoms with van der Waals surface area (Å²) in [6.07, 6.45) is 2.91. The van der Waals surface area contributed by atoms with Gasteiger partial charge in [0.25, 0.3) is 0 Å². The molecule has 0 aliphatic heterocycles. The van der Waals surface area contributed by atoms with Gasteiger partial charge < -0.3 is 10.2 Å². The summed E-state index contributed by atoms with van der Waals surface area (Å²) >= 11 is 5.62. The van der Waals surface area contributed by atoms with Crippen LogP contribution in [0.25, 0.3) is 0 Å². The van der Waals surface area contributed by atoms with Crippen LogP contribution in [-0.4, -0.2) is 28.0 Å². The average molecular weight is 231 g/mol. The van der Waals surface area contributed by atoms with Crippen LogP contribution in [0.5, 0.6) is 0 Å². The zero-order valence-electron chi connectivity index (χ0n) is 8.16. The van der Waals surface area contributed by atoms with Crippen molar-refractivity contribution in [3.8, 4) is 0 Å². The van der Waals surface area contributed by atoms with E-state index in [1.165, 1.54) is 12.2 Å². The van der Waals surface area contributed by atoms with Gasteiger partial charge in [-0.15, -0.1) is 11.6 Å². The maximum atomic E-state index is 11.1. The van der Waals surface area contributed by atoms with Gasteiger partial charge in [-0.25, -0.2) is 4.79 Å². The van der Waals surface area contributed by atoms with E-state index in [1.807, 2.05) is 0 Å². The quantitative estimate of drug-likeness (QED) is 0.723. The second-order valence-corrected chi connectivity index (χ2v) is 3.90. The number of hydrogen-bond donors (Lipinski definition) is 2. The summed E-state index contributed by atoms with van der Waals surface area (Å²) in [6, 6.07) is 0. The van der Waals surface area contributed by atoms with E-state index >= 15 is 0 Å². The fourth-order valence-corrected chi connectivity index (χ4v) is 1.90. The fourth-order valence-electron chi connectivity index (χ4n) is 1.61. The number of rotatable bonds is 3. The number of hydrogen-bond acceptors (Lipinski definition) is 2. The minimum atomic E-state index is -1.28. The van der Waals surface area contributed by atoms with Crippen LogP contribution in [-0.2, 0) is 9.59 Å². The topological polar surface area (TPSA) is 74.6 Å². The van der Waals surface area contributed by atoms with Gasteiger partial charge in [0, 0.05) is 17.9 Å². The number of carboxylic acid groups (broad SMARTS) is 2. The van der Waals surface area contributed by atoms with Gasteiger partial charge in [-0.1, -0.05) is 11.6 Å². The molecule has 1 aliphatic rings.